The van der Waals surface area contributed by atoms with Crippen molar-refractivity contribution in [2.24, 2.45) is 7.05 Å². The second-order valence-electron chi connectivity index (χ2n) is 6.61. The number of aromatic nitrogens is 1. The highest BCUT2D eigenvalue weighted by Crippen LogP contribution is 2.20. The van der Waals surface area contributed by atoms with Gasteiger partial charge in [-0.2, -0.15) is 0 Å². The Balaban J connectivity index is 1.65. The summed E-state index contributed by atoms with van der Waals surface area (Å²) in [5, 5.41) is 4.17. The minimum absolute atomic E-state index is 0.0829. The largest absolute Gasteiger partial charge is 0.491 e. The quantitative estimate of drug-likeness (QED) is 0.759. The Morgan fingerprint density at radius 1 is 1.12 bits per heavy atom. The maximum atomic E-state index is 12.3. The number of nitrogens with zero attached hydrogens (tertiary/aromatic N) is 1. The number of carbonyl (C=O) groups is 1. The van der Waals surface area contributed by atoms with Crippen molar-refractivity contribution in [3.63, 3.8) is 0 Å². The summed E-state index contributed by atoms with van der Waals surface area (Å²) in [6.45, 7) is 6.55. The molecule has 3 rings (SSSR count). The first kappa shape index (κ1) is 17.1. The van der Waals surface area contributed by atoms with Crippen LogP contribution in [-0.4, -0.2) is 16.6 Å². The van der Waals surface area contributed by atoms with Crippen LogP contribution in [0.25, 0.3) is 10.9 Å². The highest BCUT2D eigenvalue weighted by Gasteiger charge is 2.08. The van der Waals surface area contributed by atoms with Gasteiger partial charge in [0.2, 0.25) is 0 Å². The second-order valence-corrected chi connectivity index (χ2v) is 6.61. The van der Waals surface area contributed by atoms with Crippen molar-refractivity contribution in [3.05, 3.63) is 65.4 Å². The smallest absolute Gasteiger partial charge is 0.251 e. The van der Waals surface area contributed by atoms with Crippen molar-refractivity contribution in [1.29, 1.82) is 0 Å². The maximum Gasteiger partial charge on any atom is 0.251 e. The molecule has 0 saturated heterocycles. The maximum absolute atomic E-state index is 12.3. The molecule has 0 spiro atoms. The lowest BCUT2D eigenvalue weighted by Gasteiger charge is -2.10. The fourth-order valence-electron chi connectivity index (χ4n) is 2.89. The summed E-state index contributed by atoms with van der Waals surface area (Å²) < 4.78 is 7.76. The highest BCUT2D eigenvalue weighted by molar-refractivity contribution is 5.94. The number of hydrogen-bond acceptors (Lipinski definition) is 2. The fraction of sp³-hybridized carbons (Fsp3) is 0.286. The van der Waals surface area contributed by atoms with E-state index in [-0.39, 0.29) is 12.0 Å². The Bertz CT molecular complexity index is 892. The van der Waals surface area contributed by atoms with Crippen LogP contribution in [0, 0.1) is 6.92 Å². The summed E-state index contributed by atoms with van der Waals surface area (Å²) >= 11 is 0. The summed E-state index contributed by atoms with van der Waals surface area (Å²) in [5.74, 6) is 0.692. The zero-order chi connectivity index (χ0) is 18.0. The molecule has 4 nitrogen and oxygen atoms in total. The Morgan fingerprint density at radius 2 is 1.84 bits per heavy atom. The molecule has 25 heavy (non-hydrogen) atoms. The van der Waals surface area contributed by atoms with Crippen molar-refractivity contribution >= 4 is 16.8 Å². The van der Waals surface area contributed by atoms with E-state index in [1.807, 2.05) is 26.0 Å². The van der Waals surface area contributed by atoms with Gasteiger partial charge in [-0.3, -0.25) is 4.79 Å². The highest BCUT2D eigenvalue weighted by atomic mass is 16.5. The lowest BCUT2D eigenvalue weighted by Crippen LogP contribution is -2.22. The van der Waals surface area contributed by atoms with Crippen LogP contribution in [0.5, 0.6) is 5.75 Å². The first-order valence-electron chi connectivity index (χ1n) is 8.54. The van der Waals surface area contributed by atoms with E-state index in [2.05, 4.69) is 48.1 Å². The van der Waals surface area contributed by atoms with Gasteiger partial charge in [0.15, 0.2) is 0 Å². The van der Waals surface area contributed by atoms with Crippen molar-refractivity contribution in [2.45, 2.75) is 33.4 Å². The summed E-state index contributed by atoms with van der Waals surface area (Å²) in [4.78, 5) is 12.3. The van der Waals surface area contributed by atoms with E-state index < -0.39 is 0 Å². The molecule has 0 saturated carbocycles. The molecule has 0 aliphatic heterocycles. The molecule has 0 atom stereocenters. The van der Waals surface area contributed by atoms with Crippen molar-refractivity contribution < 1.29 is 9.53 Å². The standard InChI is InChI=1S/C21H24N2O2/c1-14(2)25-19-8-6-17(7-9-19)21(24)22-13-16-5-10-20-18(12-16)11-15(3)23(20)4/h5-12,14H,13H2,1-4H3,(H,22,24). The second kappa shape index (κ2) is 7.01. The molecule has 4 heteroatoms. The molecule has 0 aliphatic carbocycles. The molecule has 1 N–H and O–H groups in total. The van der Waals surface area contributed by atoms with E-state index in [0.717, 1.165) is 11.3 Å². The zero-order valence-electron chi connectivity index (χ0n) is 15.2. The van der Waals surface area contributed by atoms with Crippen molar-refractivity contribution in [1.82, 2.24) is 9.88 Å². The van der Waals surface area contributed by atoms with E-state index in [1.165, 1.54) is 16.6 Å². The van der Waals surface area contributed by atoms with Gasteiger partial charge >= 0.3 is 0 Å². The van der Waals surface area contributed by atoms with Gasteiger partial charge in [-0.25, -0.2) is 0 Å². The number of nitrogens with one attached hydrogen (secondary N) is 1. The van der Waals surface area contributed by atoms with Gasteiger partial charge < -0.3 is 14.6 Å². The van der Waals surface area contributed by atoms with Crippen LogP contribution >= 0.6 is 0 Å². The normalized spacial score (nSPS) is 11.1. The number of hydrogen-bond donors (Lipinski definition) is 1. The van der Waals surface area contributed by atoms with E-state index in [9.17, 15) is 4.79 Å². The number of carbonyl (C=O) groups excluding carboxylic acids is 1. The van der Waals surface area contributed by atoms with Gasteiger partial charge in [-0.1, -0.05) is 6.07 Å². The van der Waals surface area contributed by atoms with Crippen LogP contribution in [0.2, 0.25) is 0 Å². The lowest BCUT2D eigenvalue weighted by molar-refractivity contribution is 0.0951. The van der Waals surface area contributed by atoms with E-state index >= 15 is 0 Å². The predicted octanol–water partition coefficient (Wildman–Crippen LogP) is 4.20. The van der Waals surface area contributed by atoms with E-state index in [4.69, 9.17) is 4.74 Å². The molecule has 130 valence electrons. The molecule has 3 aromatic rings. The molecular weight excluding hydrogens is 312 g/mol. The SMILES string of the molecule is Cc1cc2cc(CNC(=O)c3ccc(OC(C)C)cc3)ccc2n1C. The van der Waals surface area contributed by atoms with Crippen LogP contribution in [0.1, 0.15) is 35.5 Å². The number of aryl methyl sites for hydroxylation is 2. The lowest BCUT2D eigenvalue weighted by atomic mass is 10.1. The van der Waals surface area contributed by atoms with Gasteiger partial charge in [0.25, 0.3) is 5.91 Å². The summed E-state index contributed by atoms with van der Waals surface area (Å²) in [6, 6.07) is 15.7. The van der Waals surface area contributed by atoms with Crippen molar-refractivity contribution in [3.8, 4) is 5.75 Å². The van der Waals surface area contributed by atoms with E-state index in [0.29, 0.717) is 12.1 Å². The Hall–Kier alpha value is -2.75. The molecule has 1 aromatic heterocycles. The number of rotatable bonds is 5. The summed E-state index contributed by atoms with van der Waals surface area (Å²) in [5.41, 5.74) is 4.15. The monoisotopic (exact) mass is 336 g/mol. The Morgan fingerprint density at radius 3 is 2.52 bits per heavy atom. The van der Waals surface area contributed by atoms with Gasteiger partial charge in [0.1, 0.15) is 5.75 Å². The Labute approximate surface area is 148 Å². The molecule has 0 radical (unpaired) electrons. The molecule has 0 fully saturated rings. The minimum Gasteiger partial charge on any atom is -0.491 e. The average molecular weight is 336 g/mol. The average Bonchev–Trinajstić information content (AvgIpc) is 2.87. The number of fused-ring (bicyclic) bond motifs is 1. The molecular formula is C21H24N2O2. The zero-order valence-corrected chi connectivity index (χ0v) is 15.2. The van der Waals surface area contributed by atoms with Crippen LogP contribution in [0.4, 0.5) is 0 Å². The van der Waals surface area contributed by atoms with Crippen LogP contribution in [0.3, 0.4) is 0 Å². The molecule has 0 unspecified atom stereocenters. The molecule has 0 bridgehead atoms. The third-order valence-electron chi connectivity index (χ3n) is 4.29. The molecule has 2 aromatic carbocycles. The fourth-order valence-corrected chi connectivity index (χ4v) is 2.89. The summed E-state index contributed by atoms with van der Waals surface area (Å²) in [7, 11) is 2.06. The molecule has 1 amide bonds. The Kier molecular flexibility index (Phi) is 4.79. The number of ether oxygens (including phenoxy) is 1. The third-order valence-corrected chi connectivity index (χ3v) is 4.29. The molecule has 1 heterocycles. The van der Waals surface area contributed by atoms with Crippen LogP contribution in [-0.2, 0) is 13.6 Å². The minimum atomic E-state index is -0.0829. The van der Waals surface area contributed by atoms with Crippen LogP contribution in [0.15, 0.2) is 48.5 Å². The van der Waals surface area contributed by atoms with Crippen molar-refractivity contribution in [2.75, 3.05) is 0 Å². The van der Waals surface area contributed by atoms with Gasteiger partial charge in [0.05, 0.1) is 6.10 Å². The first-order chi connectivity index (χ1) is 11.9. The van der Waals surface area contributed by atoms with Gasteiger partial charge in [-0.05, 0) is 68.8 Å². The third kappa shape index (κ3) is 3.85. The van der Waals surface area contributed by atoms with E-state index in [1.54, 1.807) is 12.1 Å². The summed E-state index contributed by atoms with van der Waals surface area (Å²) in [6.07, 6.45) is 0.121. The van der Waals surface area contributed by atoms with Gasteiger partial charge in [-0.15, -0.1) is 0 Å². The topological polar surface area (TPSA) is 43.3 Å². The first-order valence-corrected chi connectivity index (χ1v) is 8.54. The predicted molar refractivity (Wildman–Crippen MR) is 101 cm³/mol. The molecule has 0 aliphatic rings. The number of benzene rings is 2. The van der Waals surface area contributed by atoms with Crippen LogP contribution < -0.4 is 10.1 Å². The van der Waals surface area contributed by atoms with Gasteiger partial charge in [0, 0.05) is 35.8 Å². The number of amides is 1.